The number of carbonyl (C=O) groups is 1. The van der Waals surface area contributed by atoms with Crippen molar-refractivity contribution < 1.29 is 14.0 Å². The van der Waals surface area contributed by atoms with Gasteiger partial charge in [-0.3, -0.25) is 0 Å². The summed E-state index contributed by atoms with van der Waals surface area (Å²) < 4.78 is 10.7. The van der Waals surface area contributed by atoms with Gasteiger partial charge in [-0.25, -0.2) is 4.79 Å². The largest absolute Gasteiger partial charge is 0.547 e. The zero-order valence-corrected chi connectivity index (χ0v) is 13.8. The van der Waals surface area contributed by atoms with Gasteiger partial charge >= 0.3 is 5.97 Å². The average molecular weight is 272 g/mol. The van der Waals surface area contributed by atoms with Crippen LogP contribution in [0.25, 0.3) is 0 Å². The molecule has 0 bridgehead atoms. The molecule has 0 aromatic rings. The van der Waals surface area contributed by atoms with E-state index in [9.17, 15) is 4.79 Å². The minimum atomic E-state index is -1.66. The second-order valence-corrected chi connectivity index (χ2v) is 9.98. The molecule has 0 aliphatic carbocycles. The van der Waals surface area contributed by atoms with Gasteiger partial charge in [0.2, 0.25) is 8.32 Å². The van der Waals surface area contributed by atoms with E-state index < -0.39 is 8.32 Å². The third-order valence-electron chi connectivity index (χ3n) is 2.60. The summed E-state index contributed by atoms with van der Waals surface area (Å²) >= 11 is 0. The molecule has 4 heteroatoms. The molecule has 0 aromatic heterocycles. The average Bonchev–Trinajstić information content (AvgIpc) is 2.25. The lowest BCUT2D eigenvalue weighted by Crippen LogP contribution is -2.25. The van der Waals surface area contributed by atoms with Gasteiger partial charge in [-0.1, -0.05) is 26.2 Å². The van der Waals surface area contributed by atoms with Crippen molar-refractivity contribution in [3.05, 3.63) is 11.3 Å². The summed E-state index contributed by atoms with van der Waals surface area (Å²) in [6, 6.07) is 0. The van der Waals surface area contributed by atoms with Crippen LogP contribution >= 0.6 is 0 Å². The fraction of sp³-hybridized carbons (Fsp3) is 0.786. The third-order valence-corrected chi connectivity index (χ3v) is 3.51. The first-order valence-corrected chi connectivity index (χ1v) is 10.2. The van der Waals surface area contributed by atoms with Gasteiger partial charge in [0.05, 0.1) is 18.4 Å². The zero-order chi connectivity index (χ0) is 14.2. The smallest absolute Gasteiger partial charge is 0.337 e. The lowest BCUT2D eigenvalue weighted by Gasteiger charge is -2.21. The summed E-state index contributed by atoms with van der Waals surface area (Å²) in [4.78, 5) is 11.8. The molecule has 0 aromatic carbocycles. The van der Waals surface area contributed by atoms with Gasteiger partial charge in [-0.05, 0) is 39.4 Å². The lowest BCUT2D eigenvalue weighted by atomic mass is 10.1. The van der Waals surface area contributed by atoms with Crippen LogP contribution in [0.15, 0.2) is 11.3 Å². The maximum atomic E-state index is 11.8. The molecule has 0 aliphatic heterocycles. The highest BCUT2D eigenvalue weighted by atomic mass is 28.4. The first-order chi connectivity index (χ1) is 8.31. The molecular formula is C14H28O3Si. The van der Waals surface area contributed by atoms with Gasteiger partial charge in [0.1, 0.15) is 0 Å². The van der Waals surface area contributed by atoms with Gasteiger partial charge in [0.15, 0.2) is 0 Å². The fourth-order valence-electron chi connectivity index (χ4n) is 1.79. The molecule has 0 rings (SSSR count). The number of hydrogen-bond donors (Lipinski definition) is 0. The predicted molar refractivity (Wildman–Crippen MR) is 77.9 cm³/mol. The lowest BCUT2D eigenvalue weighted by molar-refractivity contribution is -0.136. The summed E-state index contributed by atoms with van der Waals surface area (Å²) in [6.45, 7) is 10.4. The van der Waals surface area contributed by atoms with E-state index in [2.05, 4.69) is 26.6 Å². The topological polar surface area (TPSA) is 35.5 Å². The van der Waals surface area contributed by atoms with E-state index in [-0.39, 0.29) is 5.97 Å². The molecule has 0 heterocycles. The molecule has 0 atom stereocenters. The Morgan fingerprint density at radius 1 is 1.11 bits per heavy atom. The number of hydrogen-bond acceptors (Lipinski definition) is 3. The van der Waals surface area contributed by atoms with E-state index in [0.29, 0.717) is 5.57 Å². The molecule has 0 saturated heterocycles. The molecule has 0 saturated carbocycles. The second kappa shape index (κ2) is 8.35. The van der Waals surface area contributed by atoms with Crippen LogP contribution in [0.4, 0.5) is 0 Å². The molecule has 0 N–H and O–H groups in total. The molecule has 3 nitrogen and oxygen atoms in total. The Hall–Kier alpha value is -0.773. The van der Waals surface area contributed by atoms with Crippen LogP contribution in [0.5, 0.6) is 0 Å². The minimum Gasteiger partial charge on any atom is -0.547 e. The van der Waals surface area contributed by atoms with Crippen LogP contribution in [0.3, 0.4) is 0 Å². The number of esters is 1. The molecular weight excluding hydrogens is 244 g/mol. The first kappa shape index (κ1) is 17.2. The van der Waals surface area contributed by atoms with Crippen LogP contribution in [0.2, 0.25) is 19.6 Å². The Bertz CT molecular complexity index is 290. The number of carbonyl (C=O) groups excluding carboxylic acids is 1. The zero-order valence-electron chi connectivity index (χ0n) is 12.8. The first-order valence-electron chi connectivity index (χ1n) is 6.79. The Morgan fingerprint density at radius 3 is 2.17 bits per heavy atom. The van der Waals surface area contributed by atoms with Crippen molar-refractivity contribution in [3.63, 3.8) is 0 Å². The maximum absolute atomic E-state index is 11.8. The van der Waals surface area contributed by atoms with Gasteiger partial charge < -0.3 is 9.16 Å². The van der Waals surface area contributed by atoms with Gasteiger partial charge in [0.25, 0.3) is 0 Å². The summed E-state index contributed by atoms with van der Waals surface area (Å²) in [5.74, 6) is 0.500. The maximum Gasteiger partial charge on any atom is 0.337 e. The van der Waals surface area contributed by atoms with Crippen molar-refractivity contribution >= 4 is 14.3 Å². The molecule has 0 spiro atoms. The Morgan fingerprint density at radius 2 is 1.72 bits per heavy atom. The van der Waals surface area contributed by atoms with Gasteiger partial charge in [-0.2, -0.15) is 0 Å². The number of allylic oxidation sites excluding steroid dienone is 1. The molecule has 0 aliphatic rings. The van der Waals surface area contributed by atoms with Crippen molar-refractivity contribution in [3.8, 4) is 0 Å². The highest BCUT2D eigenvalue weighted by Gasteiger charge is 2.21. The molecule has 106 valence electrons. The monoisotopic (exact) mass is 272 g/mol. The number of ether oxygens (including phenoxy) is 1. The summed E-state index contributed by atoms with van der Waals surface area (Å²) in [6.07, 6.45) is 5.33. The molecule has 0 fully saturated rings. The Kier molecular flexibility index (Phi) is 7.99. The van der Waals surface area contributed by atoms with E-state index in [1.54, 1.807) is 0 Å². The second-order valence-electron chi connectivity index (χ2n) is 5.55. The molecule has 0 radical (unpaired) electrons. The van der Waals surface area contributed by atoms with Crippen LogP contribution in [0.1, 0.15) is 46.0 Å². The van der Waals surface area contributed by atoms with Crippen molar-refractivity contribution in [2.75, 3.05) is 7.11 Å². The summed E-state index contributed by atoms with van der Waals surface area (Å²) in [7, 11) is -0.235. The molecule has 18 heavy (non-hydrogen) atoms. The van der Waals surface area contributed by atoms with Crippen LogP contribution in [0, 0.1) is 0 Å². The van der Waals surface area contributed by atoms with E-state index in [4.69, 9.17) is 9.16 Å². The number of unbranched alkanes of at least 4 members (excludes halogenated alkanes) is 3. The molecule has 0 unspecified atom stereocenters. The van der Waals surface area contributed by atoms with E-state index in [1.165, 1.54) is 20.0 Å². The van der Waals surface area contributed by atoms with Crippen molar-refractivity contribution in [2.24, 2.45) is 0 Å². The Balaban J connectivity index is 4.65. The SMILES string of the molecule is CCCCCC/C(C(=O)OC)=C(\C)O[Si](C)(C)C. The minimum absolute atomic E-state index is 0.248. The fourth-order valence-corrected chi connectivity index (χ4v) is 2.84. The summed E-state index contributed by atoms with van der Waals surface area (Å²) in [5, 5.41) is 0. The van der Waals surface area contributed by atoms with Crippen molar-refractivity contribution in [2.45, 2.75) is 65.6 Å². The highest BCUT2D eigenvalue weighted by Crippen LogP contribution is 2.20. The standard InChI is InChI=1S/C14H28O3Si/c1-7-8-9-10-11-13(14(15)16-3)12(2)17-18(4,5)6/h7-11H2,1-6H3/b13-12-. The van der Waals surface area contributed by atoms with Crippen molar-refractivity contribution in [1.29, 1.82) is 0 Å². The number of methoxy groups -OCH3 is 1. The van der Waals surface area contributed by atoms with Gasteiger partial charge in [0, 0.05) is 0 Å². The van der Waals surface area contributed by atoms with Crippen LogP contribution < -0.4 is 0 Å². The van der Waals surface area contributed by atoms with Crippen LogP contribution in [-0.4, -0.2) is 21.4 Å². The van der Waals surface area contributed by atoms with E-state index in [0.717, 1.165) is 25.0 Å². The predicted octanol–water partition coefficient (Wildman–Crippen LogP) is 4.26. The van der Waals surface area contributed by atoms with E-state index in [1.807, 2.05) is 6.92 Å². The summed E-state index contributed by atoms with van der Waals surface area (Å²) in [5.41, 5.74) is 0.705. The normalized spacial score (nSPS) is 13.0. The van der Waals surface area contributed by atoms with Gasteiger partial charge in [-0.15, -0.1) is 0 Å². The molecule has 0 amide bonds. The van der Waals surface area contributed by atoms with E-state index >= 15 is 0 Å². The quantitative estimate of drug-likeness (QED) is 0.218. The van der Waals surface area contributed by atoms with Crippen LogP contribution in [-0.2, 0) is 14.0 Å². The Labute approximate surface area is 113 Å². The van der Waals surface area contributed by atoms with Crippen molar-refractivity contribution in [1.82, 2.24) is 0 Å². The number of rotatable bonds is 8. The highest BCUT2D eigenvalue weighted by molar-refractivity contribution is 6.70. The third kappa shape index (κ3) is 7.53.